The van der Waals surface area contributed by atoms with E-state index >= 15 is 0 Å². The zero-order valence-corrected chi connectivity index (χ0v) is 14.6. The SMILES string of the molecule is CCc1noc([C@@H]2CCCCN2C(=O)/C=C/c2cccc(OC)c2)n1. The number of carbonyl (C=O) groups is 1. The van der Waals surface area contributed by atoms with Gasteiger partial charge in [0.2, 0.25) is 11.8 Å². The molecule has 1 aliphatic heterocycles. The lowest BCUT2D eigenvalue weighted by atomic mass is 10.0. The van der Waals surface area contributed by atoms with Crippen molar-refractivity contribution in [1.29, 1.82) is 0 Å². The van der Waals surface area contributed by atoms with Gasteiger partial charge in [0, 0.05) is 19.0 Å². The fraction of sp³-hybridized carbons (Fsp3) is 0.421. The van der Waals surface area contributed by atoms with Gasteiger partial charge in [0.05, 0.1) is 7.11 Å². The molecule has 1 saturated heterocycles. The van der Waals surface area contributed by atoms with Crippen molar-refractivity contribution in [3.05, 3.63) is 47.6 Å². The van der Waals surface area contributed by atoms with E-state index in [4.69, 9.17) is 9.26 Å². The van der Waals surface area contributed by atoms with Gasteiger partial charge < -0.3 is 14.2 Å². The van der Waals surface area contributed by atoms with E-state index in [1.54, 1.807) is 13.2 Å². The maximum atomic E-state index is 12.7. The highest BCUT2D eigenvalue weighted by molar-refractivity contribution is 5.92. The quantitative estimate of drug-likeness (QED) is 0.780. The second-order valence-corrected chi connectivity index (χ2v) is 6.06. The van der Waals surface area contributed by atoms with Crippen LogP contribution in [0, 0.1) is 0 Å². The third kappa shape index (κ3) is 4.07. The van der Waals surface area contributed by atoms with Gasteiger partial charge >= 0.3 is 0 Å². The monoisotopic (exact) mass is 341 g/mol. The minimum atomic E-state index is -0.135. The van der Waals surface area contributed by atoms with Crippen molar-refractivity contribution in [2.45, 2.75) is 38.6 Å². The Morgan fingerprint density at radius 1 is 1.44 bits per heavy atom. The first kappa shape index (κ1) is 17.2. The summed E-state index contributed by atoms with van der Waals surface area (Å²) in [7, 11) is 1.63. The number of rotatable bonds is 5. The Labute approximate surface area is 147 Å². The molecule has 0 N–H and O–H groups in total. The first-order chi connectivity index (χ1) is 12.2. The number of hydrogen-bond acceptors (Lipinski definition) is 5. The standard InChI is InChI=1S/C19H23N3O3/c1-3-17-20-19(25-21-17)16-9-4-5-12-22(16)18(23)11-10-14-7-6-8-15(13-14)24-2/h6-8,10-11,13,16H,3-5,9,12H2,1-2H3/b11-10+/t16-/m0/s1. The smallest absolute Gasteiger partial charge is 0.249 e. The second kappa shape index (κ2) is 7.96. The van der Waals surface area contributed by atoms with Gasteiger partial charge in [0.1, 0.15) is 11.8 Å². The van der Waals surface area contributed by atoms with Crippen molar-refractivity contribution in [3.8, 4) is 5.75 Å². The van der Waals surface area contributed by atoms with Crippen molar-refractivity contribution in [2.24, 2.45) is 0 Å². The number of hydrogen-bond donors (Lipinski definition) is 0. The highest BCUT2D eigenvalue weighted by Crippen LogP contribution is 2.30. The highest BCUT2D eigenvalue weighted by Gasteiger charge is 2.31. The number of amides is 1. The Morgan fingerprint density at radius 3 is 3.08 bits per heavy atom. The molecule has 6 heteroatoms. The van der Waals surface area contributed by atoms with Crippen LogP contribution in [0.4, 0.5) is 0 Å². The molecule has 2 heterocycles. The molecule has 1 amide bonds. The molecule has 0 aliphatic carbocycles. The number of nitrogens with zero attached hydrogens (tertiary/aromatic N) is 3. The van der Waals surface area contributed by atoms with Gasteiger partial charge in [-0.1, -0.05) is 24.2 Å². The Morgan fingerprint density at radius 2 is 2.32 bits per heavy atom. The van der Waals surface area contributed by atoms with Crippen molar-refractivity contribution in [2.75, 3.05) is 13.7 Å². The molecule has 25 heavy (non-hydrogen) atoms. The summed E-state index contributed by atoms with van der Waals surface area (Å²) in [5, 5.41) is 3.96. The maximum absolute atomic E-state index is 12.7. The Kier molecular flexibility index (Phi) is 5.48. The number of carbonyl (C=O) groups excluding carboxylic acids is 1. The van der Waals surface area contributed by atoms with Crippen LogP contribution in [0.2, 0.25) is 0 Å². The predicted octanol–water partition coefficient (Wildman–Crippen LogP) is 3.41. The molecular formula is C19H23N3O3. The van der Waals surface area contributed by atoms with E-state index in [0.717, 1.165) is 37.0 Å². The summed E-state index contributed by atoms with van der Waals surface area (Å²) in [6, 6.07) is 7.47. The molecule has 0 spiro atoms. The molecule has 2 aromatic rings. The van der Waals surface area contributed by atoms with E-state index < -0.39 is 0 Å². The van der Waals surface area contributed by atoms with Gasteiger partial charge in [0.15, 0.2) is 5.82 Å². The molecule has 1 aromatic heterocycles. The summed E-state index contributed by atoms with van der Waals surface area (Å²) in [5.74, 6) is 1.95. The van der Waals surface area contributed by atoms with E-state index in [-0.39, 0.29) is 11.9 Å². The number of aryl methyl sites for hydroxylation is 1. The van der Waals surface area contributed by atoms with Crippen molar-refractivity contribution in [3.63, 3.8) is 0 Å². The fourth-order valence-electron chi connectivity index (χ4n) is 3.01. The second-order valence-electron chi connectivity index (χ2n) is 6.06. The molecular weight excluding hydrogens is 318 g/mol. The average Bonchev–Trinajstić information content (AvgIpc) is 3.15. The average molecular weight is 341 g/mol. The lowest BCUT2D eigenvalue weighted by molar-refractivity contribution is -0.130. The van der Waals surface area contributed by atoms with Crippen LogP contribution in [0.15, 0.2) is 34.9 Å². The molecule has 0 bridgehead atoms. The fourth-order valence-corrected chi connectivity index (χ4v) is 3.01. The minimum absolute atomic E-state index is 0.0382. The first-order valence-electron chi connectivity index (χ1n) is 8.66. The normalized spacial score (nSPS) is 17.8. The van der Waals surface area contributed by atoms with E-state index in [2.05, 4.69) is 10.1 Å². The largest absolute Gasteiger partial charge is 0.497 e. The molecule has 6 nitrogen and oxygen atoms in total. The molecule has 1 aliphatic rings. The highest BCUT2D eigenvalue weighted by atomic mass is 16.5. The van der Waals surface area contributed by atoms with E-state index in [0.29, 0.717) is 18.3 Å². The van der Waals surface area contributed by atoms with E-state index in [1.807, 2.05) is 42.2 Å². The molecule has 0 unspecified atom stereocenters. The van der Waals surface area contributed by atoms with Crippen molar-refractivity contribution in [1.82, 2.24) is 15.0 Å². The van der Waals surface area contributed by atoms with Crippen LogP contribution in [0.3, 0.4) is 0 Å². The van der Waals surface area contributed by atoms with Gasteiger partial charge in [-0.2, -0.15) is 4.98 Å². The van der Waals surface area contributed by atoms with Crippen molar-refractivity contribution >= 4 is 12.0 Å². The summed E-state index contributed by atoms with van der Waals surface area (Å²) < 4.78 is 10.6. The van der Waals surface area contributed by atoms with Crippen LogP contribution >= 0.6 is 0 Å². The van der Waals surface area contributed by atoms with Crippen LogP contribution in [0.1, 0.15) is 49.5 Å². The summed E-state index contributed by atoms with van der Waals surface area (Å²) in [6.07, 6.45) is 7.03. The zero-order chi connectivity index (χ0) is 17.6. The number of likely N-dealkylation sites (tertiary alicyclic amines) is 1. The third-order valence-corrected chi connectivity index (χ3v) is 4.38. The molecule has 0 radical (unpaired) electrons. The predicted molar refractivity (Wildman–Crippen MR) is 94.0 cm³/mol. The molecule has 132 valence electrons. The zero-order valence-electron chi connectivity index (χ0n) is 14.6. The molecule has 0 saturated carbocycles. The van der Waals surface area contributed by atoms with E-state index in [1.165, 1.54) is 0 Å². The number of methoxy groups -OCH3 is 1. The van der Waals surface area contributed by atoms with Crippen LogP contribution in [-0.4, -0.2) is 34.6 Å². The summed E-state index contributed by atoms with van der Waals surface area (Å²) in [4.78, 5) is 18.9. The number of benzene rings is 1. The lowest BCUT2D eigenvalue weighted by Gasteiger charge is -2.32. The summed E-state index contributed by atoms with van der Waals surface area (Å²) in [6.45, 7) is 2.69. The van der Waals surface area contributed by atoms with Crippen LogP contribution in [0.5, 0.6) is 5.75 Å². The minimum Gasteiger partial charge on any atom is -0.497 e. The number of piperidine rings is 1. The Balaban J connectivity index is 1.75. The van der Waals surface area contributed by atoms with Crippen LogP contribution in [0.25, 0.3) is 6.08 Å². The number of ether oxygens (including phenoxy) is 1. The Hall–Kier alpha value is -2.63. The molecule has 3 rings (SSSR count). The van der Waals surface area contributed by atoms with Gasteiger partial charge in [-0.05, 0) is 43.0 Å². The first-order valence-corrected chi connectivity index (χ1v) is 8.66. The third-order valence-electron chi connectivity index (χ3n) is 4.38. The maximum Gasteiger partial charge on any atom is 0.249 e. The molecule has 1 atom stereocenters. The van der Waals surface area contributed by atoms with Crippen LogP contribution < -0.4 is 4.74 Å². The van der Waals surface area contributed by atoms with Gasteiger partial charge in [-0.15, -0.1) is 0 Å². The lowest BCUT2D eigenvalue weighted by Crippen LogP contribution is -2.37. The van der Waals surface area contributed by atoms with Gasteiger partial charge in [-0.25, -0.2) is 0 Å². The van der Waals surface area contributed by atoms with Crippen LogP contribution in [-0.2, 0) is 11.2 Å². The Bertz CT molecular complexity index is 754. The number of aromatic nitrogens is 2. The summed E-state index contributed by atoms with van der Waals surface area (Å²) in [5.41, 5.74) is 0.923. The topological polar surface area (TPSA) is 68.5 Å². The molecule has 1 aromatic carbocycles. The van der Waals surface area contributed by atoms with E-state index in [9.17, 15) is 4.79 Å². The summed E-state index contributed by atoms with van der Waals surface area (Å²) >= 11 is 0. The van der Waals surface area contributed by atoms with Gasteiger partial charge in [-0.3, -0.25) is 4.79 Å². The van der Waals surface area contributed by atoms with Crippen molar-refractivity contribution < 1.29 is 14.1 Å². The molecule has 1 fully saturated rings. The van der Waals surface area contributed by atoms with Gasteiger partial charge in [0.25, 0.3) is 0 Å².